The summed E-state index contributed by atoms with van der Waals surface area (Å²) in [6.07, 6.45) is 7.44. The predicted molar refractivity (Wildman–Crippen MR) is 112 cm³/mol. The van der Waals surface area contributed by atoms with Crippen LogP contribution >= 0.6 is 0 Å². The molecule has 0 unspecified atom stereocenters. The van der Waals surface area contributed by atoms with Crippen LogP contribution in [0.5, 0.6) is 5.75 Å². The summed E-state index contributed by atoms with van der Waals surface area (Å²) in [5, 5.41) is 0. The van der Waals surface area contributed by atoms with Crippen LogP contribution in [0.15, 0.2) is 24.3 Å². The number of methoxy groups -OCH3 is 1. The average Bonchev–Trinajstić information content (AvgIpc) is 2.65. The fraction of sp³-hybridized carbons (Fsp3) is 0.708. The van der Waals surface area contributed by atoms with E-state index in [1.165, 1.54) is 24.9 Å². The lowest BCUT2D eigenvalue weighted by Gasteiger charge is -2.65. The van der Waals surface area contributed by atoms with Crippen LogP contribution in [0.3, 0.4) is 0 Å². The Bertz CT molecular complexity index is 747. The Labute approximate surface area is 169 Å². The molecule has 0 spiro atoms. The minimum atomic E-state index is -0.0643. The molecule has 4 bridgehead atoms. The fourth-order valence-electron chi connectivity index (χ4n) is 7.98. The van der Waals surface area contributed by atoms with Gasteiger partial charge >= 0.3 is 0 Å². The van der Waals surface area contributed by atoms with Gasteiger partial charge in [-0.2, -0.15) is 0 Å². The average molecular weight is 383 g/mol. The van der Waals surface area contributed by atoms with E-state index in [9.17, 15) is 4.79 Å². The number of anilines is 1. The first-order valence-corrected chi connectivity index (χ1v) is 11.0. The third-order valence-corrected chi connectivity index (χ3v) is 8.08. The summed E-state index contributed by atoms with van der Waals surface area (Å²) in [4.78, 5) is 18.3. The number of carbonyl (C=O) groups is 1. The molecule has 1 aromatic carbocycles. The topological polar surface area (TPSA) is 32.8 Å². The molecule has 1 heterocycles. The van der Waals surface area contributed by atoms with Crippen LogP contribution in [-0.2, 0) is 4.79 Å². The Balaban J connectivity index is 1.28. The minimum absolute atomic E-state index is 0.0643. The second kappa shape index (κ2) is 6.14. The number of hydrogen-bond acceptors (Lipinski definition) is 3. The molecular weight excluding hydrogens is 348 g/mol. The molecule has 1 saturated heterocycles. The standard InChI is InChI=1S/C24H34N2O2/c1-22-12-18-13-23(2,15-22)17-24(14-18,16-22)21(27)26-10-8-25(9-11-26)19-4-6-20(28-3)7-5-19/h4-7,18H,8-17H2,1-3H3/t18?,22-,23-,24?/m0/s1. The third-order valence-electron chi connectivity index (χ3n) is 8.08. The van der Waals surface area contributed by atoms with E-state index in [1.54, 1.807) is 7.11 Å². The fourth-order valence-corrected chi connectivity index (χ4v) is 7.98. The highest BCUT2D eigenvalue weighted by atomic mass is 16.5. The first-order chi connectivity index (χ1) is 13.3. The molecule has 6 rings (SSSR count). The highest BCUT2D eigenvalue weighted by molar-refractivity contribution is 5.84. The van der Waals surface area contributed by atoms with Crippen molar-refractivity contribution in [3.8, 4) is 5.75 Å². The molecule has 4 nitrogen and oxygen atoms in total. The zero-order chi connectivity index (χ0) is 19.6. The summed E-state index contributed by atoms with van der Waals surface area (Å²) < 4.78 is 5.27. The van der Waals surface area contributed by atoms with Crippen LogP contribution in [-0.4, -0.2) is 44.1 Å². The van der Waals surface area contributed by atoms with Crippen molar-refractivity contribution >= 4 is 11.6 Å². The number of hydrogen-bond donors (Lipinski definition) is 0. The number of amides is 1. The Kier molecular flexibility index (Phi) is 4.02. The third kappa shape index (κ3) is 2.91. The molecule has 4 heteroatoms. The molecule has 0 radical (unpaired) electrons. The van der Waals surface area contributed by atoms with Crippen molar-refractivity contribution in [3.05, 3.63) is 24.3 Å². The van der Waals surface area contributed by atoms with Crippen LogP contribution in [0.2, 0.25) is 0 Å². The molecule has 2 atom stereocenters. The van der Waals surface area contributed by atoms with Crippen molar-refractivity contribution < 1.29 is 9.53 Å². The van der Waals surface area contributed by atoms with Crippen molar-refractivity contribution in [1.82, 2.24) is 4.90 Å². The van der Waals surface area contributed by atoms with Crippen molar-refractivity contribution in [2.24, 2.45) is 22.2 Å². The lowest BCUT2D eigenvalue weighted by molar-refractivity contribution is -0.179. The van der Waals surface area contributed by atoms with Crippen molar-refractivity contribution in [3.63, 3.8) is 0 Å². The molecule has 28 heavy (non-hydrogen) atoms. The molecule has 4 saturated carbocycles. The first-order valence-electron chi connectivity index (χ1n) is 11.0. The van der Waals surface area contributed by atoms with E-state index in [0.29, 0.717) is 16.7 Å². The SMILES string of the molecule is COc1ccc(N2CCN(C(=O)C34CC5C[C@](C)(C3)C[C@](C)(C5)C4)CC2)cc1. The molecule has 4 aliphatic carbocycles. The van der Waals surface area contributed by atoms with Gasteiger partial charge in [0.25, 0.3) is 0 Å². The lowest BCUT2D eigenvalue weighted by atomic mass is 9.40. The van der Waals surface area contributed by atoms with Gasteiger partial charge in [0.15, 0.2) is 0 Å². The Morgan fingerprint density at radius 1 is 0.929 bits per heavy atom. The van der Waals surface area contributed by atoms with Gasteiger partial charge in [-0.25, -0.2) is 0 Å². The molecule has 0 aromatic heterocycles. The number of ether oxygens (including phenoxy) is 1. The summed E-state index contributed by atoms with van der Waals surface area (Å²) >= 11 is 0. The number of rotatable bonds is 3. The van der Waals surface area contributed by atoms with Gasteiger partial charge in [0.1, 0.15) is 5.75 Å². The summed E-state index contributed by atoms with van der Waals surface area (Å²) in [5.41, 5.74) is 1.96. The minimum Gasteiger partial charge on any atom is -0.497 e. The van der Waals surface area contributed by atoms with Crippen LogP contribution in [0, 0.1) is 22.2 Å². The zero-order valence-electron chi connectivity index (χ0n) is 17.7. The van der Waals surface area contributed by atoms with Crippen LogP contribution < -0.4 is 9.64 Å². The van der Waals surface area contributed by atoms with Gasteiger partial charge in [-0.05, 0) is 79.5 Å². The van der Waals surface area contributed by atoms with Crippen molar-refractivity contribution in [2.45, 2.75) is 52.4 Å². The maximum absolute atomic E-state index is 13.8. The number of nitrogens with zero attached hydrogens (tertiary/aromatic N) is 2. The van der Waals surface area contributed by atoms with Gasteiger partial charge in [0, 0.05) is 31.9 Å². The zero-order valence-corrected chi connectivity index (χ0v) is 17.7. The van der Waals surface area contributed by atoms with Crippen molar-refractivity contribution in [1.29, 1.82) is 0 Å². The number of benzene rings is 1. The molecule has 1 aromatic rings. The maximum Gasteiger partial charge on any atom is 0.228 e. The molecule has 1 aliphatic heterocycles. The molecule has 0 N–H and O–H groups in total. The highest BCUT2D eigenvalue weighted by Gasteiger charge is 2.63. The van der Waals surface area contributed by atoms with Gasteiger partial charge in [0.2, 0.25) is 5.91 Å². The van der Waals surface area contributed by atoms with E-state index in [4.69, 9.17) is 4.74 Å². The quantitative estimate of drug-likeness (QED) is 0.780. The molecule has 5 fully saturated rings. The van der Waals surface area contributed by atoms with E-state index in [0.717, 1.165) is 57.1 Å². The summed E-state index contributed by atoms with van der Waals surface area (Å²) in [6.45, 7) is 8.46. The lowest BCUT2D eigenvalue weighted by Crippen LogP contribution is -2.62. The summed E-state index contributed by atoms with van der Waals surface area (Å²) in [6, 6.07) is 8.28. The largest absolute Gasteiger partial charge is 0.497 e. The van der Waals surface area contributed by atoms with Crippen LogP contribution in [0.25, 0.3) is 0 Å². The van der Waals surface area contributed by atoms with Gasteiger partial charge in [0.05, 0.1) is 12.5 Å². The normalized spacial score (nSPS) is 39.3. The van der Waals surface area contributed by atoms with Crippen LogP contribution in [0.4, 0.5) is 5.69 Å². The molecule has 1 amide bonds. The Hall–Kier alpha value is -1.71. The second-order valence-corrected chi connectivity index (χ2v) is 10.9. The smallest absolute Gasteiger partial charge is 0.228 e. The maximum atomic E-state index is 13.8. The van der Waals surface area contributed by atoms with Gasteiger partial charge in [-0.15, -0.1) is 0 Å². The highest BCUT2D eigenvalue weighted by Crippen LogP contribution is 2.69. The summed E-state index contributed by atoms with van der Waals surface area (Å²) in [5.74, 6) is 2.14. The predicted octanol–water partition coefficient (Wildman–Crippen LogP) is 4.34. The number of piperazine rings is 1. The summed E-state index contributed by atoms with van der Waals surface area (Å²) in [7, 11) is 1.70. The van der Waals surface area contributed by atoms with Gasteiger partial charge < -0.3 is 14.5 Å². The molecular formula is C24H34N2O2. The van der Waals surface area contributed by atoms with Crippen LogP contribution in [0.1, 0.15) is 52.4 Å². The Morgan fingerprint density at radius 3 is 2.07 bits per heavy atom. The molecule has 5 aliphatic rings. The monoisotopic (exact) mass is 382 g/mol. The number of carbonyl (C=O) groups excluding carboxylic acids is 1. The van der Waals surface area contributed by atoms with Gasteiger partial charge in [-0.3, -0.25) is 4.79 Å². The van der Waals surface area contributed by atoms with E-state index in [1.807, 2.05) is 12.1 Å². The Morgan fingerprint density at radius 2 is 1.54 bits per heavy atom. The first kappa shape index (κ1) is 18.3. The van der Waals surface area contributed by atoms with E-state index in [-0.39, 0.29) is 5.41 Å². The van der Waals surface area contributed by atoms with E-state index >= 15 is 0 Å². The second-order valence-electron chi connectivity index (χ2n) is 10.9. The van der Waals surface area contributed by atoms with E-state index < -0.39 is 0 Å². The van der Waals surface area contributed by atoms with Crippen molar-refractivity contribution in [2.75, 3.05) is 38.2 Å². The van der Waals surface area contributed by atoms with E-state index in [2.05, 4.69) is 35.8 Å². The van der Waals surface area contributed by atoms with Gasteiger partial charge in [-0.1, -0.05) is 13.8 Å². The molecule has 152 valence electrons.